The zero-order valence-electron chi connectivity index (χ0n) is 13.3. The molecule has 1 aromatic carbocycles. The molecular formula is C18H27NO2. The van der Waals surface area contributed by atoms with Gasteiger partial charge in [-0.25, -0.2) is 4.79 Å². The van der Waals surface area contributed by atoms with Gasteiger partial charge in [-0.3, -0.25) is 5.32 Å². The summed E-state index contributed by atoms with van der Waals surface area (Å²) in [5, 5.41) is 2.82. The van der Waals surface area contributed by atoms with Gasteiger partial charge in [0, 0.05) is 5.69 Å². The van der Waals surface area contributed by atoms with Gasteiger partial charge in [-0.1, -0.05) is 45.4 Å². The van der Waals surface area contributed by atoms with E-state index in [-0.39, 0.29) is 12.2 Å². The van der Waals surface area contributed by atoms with E-state index in [1.165, 1.54) is 12.8 Å². The normalized spacial score (nSPS) is 25.6. The molecule has 3 unspecified atom stereocenters. The number of nitrogens with one attached hydrogen (secondary N) is 1. The number of anilines is 1. The average molecular weight is 289 g/mol. The third-order valence-electron chi connectivity index (χ3n) is 4.24. The highest BCUT2D eigenvalue weighted by Gasteiger charge is 2.31. The van der Waals surface area contributed by atoms with E-state index in [9.17, 15) is 4.79 Å². The van der Waals surface area contributed by atoms with E-state index in [1.807, 2.05) is 30.3 Å². The van der Waals surface area contributed by atoms with Crippen molar-refractivity contribution in [1.29, 1.82) is 0 Å². The lowest BCUT2D eigenvalue weighted by atomic mass is 9.77. The minimum atomic E-state index is -0.325. The Morgan fingerprint density at radius 3 is 2.67 bits per heavy atom. The number of carbonyl (C=O) groups is 1. The summed E-state index contributed by atoms with van der Waals surface area (Å²) < 4.78 is 5.73. The Balaban J connectivity index is 1.92. The van der Waals surface area contributed by atoms with Crippen molar-refractivity contribution in [3.05, 3.63) is 30.3 Å². The molecule has 1 fully saturated rings. The van der Waals surface area contributed by atoms with Crippen molar-refractivity contribution in [1.82, 2.24) is 0 Å². The van der Waals surface area contributed by atoms with Crippen molar-refractivity contribution in [3.8, 4) is 0 Å². The van der Waals surface area contributed by atoms with E-state index in [2.05, 4.69) is 26.1 Å². The number of carbonyl (C=O) groups excluding carboxylic acids is 1. The lowest BCUT2D eigenvalue weighted by Crippen LogP contribution is -2.35. The molecule has 1 aromatic rings. The van der Waals surface area contributed by atoms with Gasteiger partial charge in [-0.2, -0.15) is 0 Å². The van der Waals surface area contributed by atoms with E-state index in [1.54, 1.807) is 0 Å². The van der Waals surface area contributed by atoms with Crippen molar-refractivity contribution >= 4 is 11.8 Å². The summed E-state index contributed by atoms with van der Waals surface area (Å²) in [7, 11) is 0. The van der Waals surface area contributed by atoms with Gasteiger partial charge in [0.05, 0.1) is 0 Å². The van der Waals surface area contributed by atoms with Crippen LogP contribution in [0, 0.1) is 17.8 Å². The summed E-state index contributed by atoms with van der Waals surface area (Å²) in [6, 6.07) is 9.48. The molecule has 0 radical (unpaired) electrons. The second-order valence-corrected chi connectivity index (χ2v) is 6.74. The largest absolute Gasteiger partial charge is 0.446 e. The van der Waals surface area contributed by atoms with Gasteiger partial charge in [-0.15, -0.1) is 0 Å². The SMILES string of the molecule is CC(C)CC1CCC(C)CC1OC(=O)Nc1ccccc1. The highest BCUT2D eigenvalue weighted by Crippen LogP contribution is 2.34. The fourth-order valence-corrected chi connectivity index (χ4v) is 3.22. The van der Waals surface area contributed by atoms with Crippen LogP contribution in [0.15, 0.2) is 30.3 Å². The number of amides is 1. The fourth-order valence-electron chi connectivity index (χ4n) is 3.22. The summed E-state index contributed by atoms with van der Waals surface area (Å²) in [4.78, 5) is 12.1. The molecule has 1 saturated carbocycles. The minimum absolute atomic E-state index is 0.0554. The first-order chi connectivity index (χ1) is 10.0. The minimum Gasteiger partial charge on any atom is -0.446 e. The molecule has 21 heavy (non-hydrogen) atoms. The molecular weight excluding hydrogens is 262 g/mol. The summed E-state index contributed by atoms with van der Waals surface area (Å²) >= 11 is 0. The highest BCUT2D eigenvalue weighted by atomic mass is 16.6. The van der Waals surface area contributed by atoms with Crippen molar-refractivity contribution in [2.75, 3.05) is 5.32 Å². The first-order valence-corrected chi connectivity index (χ1v) is 8.07. The molecule has 116 valence electrons. The van der Waals surface area contributed by atoms with Crippen LogP contribution in [0.2, 0.25) is 0 Å². The monoisotopic (exact) mass is 289 g/mol. The number of hydrogen-bond acceptors (Lipinski definition) is 2. The number of benzene rings is 1. The Kier molecular flexibility index (Phi) is 5.66. The molecule has 1 aliphatic carbocycles. The quantitative estimate of drug-likeness (QED) is 0.838. The van der Waals surface area contributed by atoms with E-state index in [4.69, 9.17) is 4.74 Å². The third kappa shape index (κ3) is 5.07. The lowest BCUT2D eigenvalue weighted by molar-refractivity contribution is 0.0225. The second kappa shape index (κ2) is 7.48. The number of ether oxygens (including phenoxy) is 1. The molecule has 0 spiro atoms. The van der Waals surface area contributed by atoms with Crippen molar-refractivity contribution in [3.63, 3.8) is 0 Å². The smallest absolute Gasteiger partial charge is 0.411 e. The van der Waals surface area contributed by atoms with E-state index >= 15 is 0 Å². The van der Waals surface area contributed by atoms with Gasteiger partial charge in [0.15, 0.2) is 0 Å². The van der Waals surface area contributed by atoms with E-state index < -0.39 is 0 Å². The maximum absolute atomic E-state index is 12.1. The average Bonchev–Trinajstić information content (AvgIpc) is 2.42. The molecule has 0 aliphatic heterocycles. The highest BCUT2D eigenvalue weighted by molar-refractivity contribution is 5.84. The van der Waals surface area contributed by atoms with Crippen LogP contribution in [0.3, 0.4) is 0 Å². The molecule has 3 atom stereocenters. The van der Waals surface area contributed by atoms with Gasteiger partial charge in [0.2, 0.25) is 0 Å². The second-order valence-electron chi connectivity index (χ2n) is 6.74. The van der Waals surface area contributed by atoms with Gasteiger partial charge in [0.1, 0.15) is 6.10 Å². The molecule has 0 heterocycles. The van der Waals surface area contributed by atoms with Crippen LogP contribution in [0.5, 0.6) is 0 Å². The van der Waals surface area contributed by atoms with Gasteiger partial charge in [0.25, 0.3) is 0 Å². The van der Waals surface area contributed by atoms with Crippen LogP contribution in [0.1, 0.15) is 46.5 Å². The zero-order valence-corrected chi connectivity index (χ0v) is 13.3. The van der Waals surface area contributed by atoms with Crippen LogP contribution >= 0.6 is 0 Å². The fraction of sp³-hybridized carbons (Fsp3) is 0.611. The third-order valence-corrected chi connectivity index (χ3v) is 4.24. The van der Waals surface area contributed by atoms with Crippen molar-refractivity contribution in [2.24, 2.45) is 17.8 Å². The first-order valence-electron chi connectivity index (χ1n) is 8.07. The summed E-state index contributed by atoms with van der Waals surface area (Å²) in [6.45, 7) is 6.72. The van der Waals surface area contributed by atoms with Crippen molar-refractivity contribution < 1.29 is 9.53 Å². The summed E-state index contributed by atoms with van der Waals surface area (Å²) in [5.74, 6) is 1.79. The summed E-state index contributed by atoms with van der Waals surface area (Å²) in [6.07, 6.45) is 4.27. The molecule has 3 heteroatoms. The van der Waals surface area contributed by atoms with E-state index in [0.717, 1.165) is 18.5 Å². The number of rotatable bonds is 4. The molecule has 3 nitrogen and oxygen atoms in total. The Morgan fingerprint density at radius 1 is 1.29 bits per heavy atom. The molecule has 0 bridgehead atoms. The molecule has 2 rings (SSSR count). The first kappa shape index (κ1) is 15.9. The van der Waals surface area contributed by atoms with Crippen molar-refractivity contribution in [2.45, 2.75) is 52.6 Å². The molecule has 1 amide bonds. The molecule has 1 N–H and O–H groups in total. The van der Waals surface area contributed by atoms with Gasteiger partial charge >= 0.3 is 6.09 Å². The van der Waals surface area contributed by atoms with Crippen LogP contribution in [-0.2, 0) is 4.74 Å². The Hall–Kier alpha value is -1.51. The van der Waals surface area contributed by atoms with Gasteiger partial charge in [-0.05, 0) is 49.1 Å². The molecule has 1 aliphatic rings. The van der Waals surface area contributed by atoms with Crippen LogP contribution in [0.25, 0.3) is 0 Å². The van der Waals surface area contributed by atoms with Gasteiger partial charge < -0.3 is 4.74 Å². The maximum atomic E-state index is 12.1. The molecule has 0 aromatic heterocycles. The van der Waals surface area contributed by atoms with Crippen LogP contribution < -0.4 is 5.32 Å². The van der Waals surface area contributed by atoms with Crippen LogP contribution in [-0.4, -0.2) is 12.2 Å². The lowest BCUT2D eigenvalue weighted by Gasteiger charge is -2.35. The Morgan fingerprint density at radius 2 is 2.00 bits per heavy atom. The zero-order chi connectivity index (χ0) is 15.2. The topological polar surface area (TPSA) is 38.3 Å². The van der Waals surface area contributed by atoms with Crippen LogP contribution in [0.4, 0.5) is 10.5 Å². The van der Waals surface area contributed by atoms with E-state index in [0.29, 0.717) is 17.8 Å². The maximum Gasteiger partial charge on any atom is 0.411 e. The predicted octanol–water partition coefficient (Wildman–Crippen LogP) is 5.09. The standard InChI is InChI=1S/C18H27NO2/c1-13(2)11-15-10-9-14(3)12-17(15)21-18(20)19-16-7-5-4-6-8-16/h4-8,13-15,17H,9-12H2,1-3H3,(H,19,20). The molecule has 0 saturated heterocycles. The Labute approximate surface area is 128 Å². The predicted molar refractivity (Wildman–Crippen MR) is 86.3 cm³/mol. The number of hydrogen-bond donors (Lipinski definition) is 1. The number of para-hydroxylation sites is 1. The Bertz CT molecular complexity index is 444. The summed E-state index contributed by atoms with van der Waals surface area (Å²) in [5.41, 5.74) is 0.784.